The lowest BCUT2D eigenvalue weighted by molar-refractivity contribution is 0.0949. The van der Waals surface area contributed by atoms with Gasteiger partial charge in [-0.25, -0.2) is 0 Å². The SMILES string of the molecule is CCNc1nnc(C(=O)NCc2ccn(C)n2)s1. The molecule has 0 saturated carbocycles. The molecule has 1 amide bonds. The van der Waals surface area contributed by atoms with E-state index in [0.717, 1.165) is 12.2 Å². The van der Waals surface area contributed by atoms with Gasteiger partial charge in [-0.3, -0.25) is 9.48 Å². The van der Waals surface area contributed by atoms with Crippen molar-refractivity contribution in [1.29, 1.82) is 0 Å². The fourth-order valence-corrected chi connectivity index (χ4v) is 2.07. The lowest BCUT2D eigenvalue weighted by atomic mass is 10.4. The lowest BCUT2D eigenvalue weighted by Crippen LogP contribution is -2.23. The third-order valence-electron chi connectivity index (χ3n) is 2.15. The quantitative estimate of drug-likeness (QED) is 0.829. The highest BCUT2D eigenvalue weighted by atomic mass is 32.1. The number of nitrogens with zero attached hydrogens (tertiary/aromatic N) is 4. The van der Waals surface area contributed by atoms with Crippen LogP contribution in [-0.2, 0) is 13.6 Å². The van der Waals surface area contributed by atoms with Crippen molar-refractivity contribution in [1.82, 2.24) is 25.3 Å². The molecular weight excluding hydrogens is 252 g/mol. The van der Waals surface area contributed by atoms with Crippen molar-refractivity contribution in [3.8, 4) is 0 Å². The average Bonchev–Trinajstić information content (AvgIpc) is 2.96. The molecule has 2 heterocycles. The second-order valence-electron chi connectivity index (χ2n) is 3.61. The number of amides is 1. The molecule has 96 valence electrons. The number of hydrogen-bond donors (Lipinski definition) is 2. The summed E-state index contributed by atoms with van der Waals surface area (Å²) in [6, 6.07) is 1.85. The van der Waals surface area contributed by atoms with Gasteiger partial charge in [-0.1, -0.05) is 11.3 Å². The molecule has 0 aromatic carbocycles. The third kappa shape index (κ3) is 3.04. The molecule has 0 bridgehead atoms. The van der Waals surface area contributed by atoms with Crippen LogP contribution < -0.4 is 10.6 Å². The van der Waals surface area contributed by atoms with E-state index < -0.39 is 0 Å². The number of anilines is 1. The maximum Gasteiger partial charge on any atom is 0.282 e. The van der Waals surface area contributed by atoms with Crippen LogP contribution in [0, 0.1) is 0 Å². The van der Waals surface area contributed by atoms with Gasteiger partial charge in [-0.05, 0) is 13.0 Å². The van der Waals surface area contributed by atoms with Gasteiger partial charge < -0.3 is 10.6 Å². The zero-order valence-electron chi connectivity index (χ0n) is 10.2. The predicted molar refractivity (Wildman–Crippen MR) is 68.5 cm³/mol. The van der Waals surface area contributed by atoms with Crippen LogP contribution in [0.4, 0.5) is 5.13 Å². The molecule has 7 nitrogen and oxygen atoms in total. The van der Waals surface area contributed by atoms with Crippen LogP contribution in [0.25, 0.3) is 0 Å². The Morgan fingerprint density at radius 2 is 2.33 bits per heavy atom. The maximum absolute atomic E-state index is 11.8. The highest BCUT2D eigenvalue weighted by Crippen LogP contribution is 2.14. The summed E-state index contributed by atoms with van der Waals surface area (Å²) in [6.07, 6.45) is 1.83. The van der Waals surface area contributed by atoms with Crippen molar-refractivity contribution in [3.63, 3.8) is 0 Å². The number of rotatable bonds is 5. The Balaban J connectivity index is 1.90. The first-order valence-corrected chi connectivity index (χ1v) is 6.34. The number of aromatic nitrogens is 4. The van der Waals surface area contributed by atoms with Gasteiger partial charge in [-0.2, -0.15) is 5.10 Å². The summed E-state index contributed by atoms with van der Waals surface area (Å²) >= 11 is 1.23. The number of carbonyl (C=O) groups excluding carboxylic acids is 1. The van der Waals surface area contributed by atoms with Gasteiger partial charge in [0.15, 0.2) is 0 Å². The van der Waals surface area contributed by atoms with E-state index in [-0.39, 0.29) is 5.91 Å². The molecule has 0 radical (unpaired) electrons. The molecule has 0 fully saturated rings. The van der Waals surface area contributed by atoms with Crippen LogP contribution in [0.2, 0.25) is 0 Å². The van der Waals surface area contributed by atoms with Crippen LogP contribution in [-0.4, -0.2) is 32.4 Å². The van der Waals surface area contributed by atoms with E-state index in [1.807, 2.05) is 26.2 Å². The Morgan fingerprint density at radius 1 is 1.50 bits per heavy atom. The number of hydrogen-bond acceptors (Lipinski definition) is 6. The van der Waals surface area contributed by atoms with Crippen molar-refractivity contribution in [2.45, 2.75) is 13.5 Å². The molecule has 0 unspecified atom stereocenters. The summed E-state index contributed by atoms with van der Waals surface area (Å²) in [4.78, 5) is 11.8. The van der Waals surface area contributed by atoms with Crippen LogP contribution in [0.15, 0.2) is 12.3 Å². The molecule has 2 rings (SSSR count). The molecule has 2 N–H and O–H groups in total. The van der Waals surface area contributed by atoms with Gasteiger partial charge in [0.05, 0.1) is 12.2 Å². The van der Waals surface area contributed by atoms with Gasteiger partial charge in [0.25, 0.3) is 5.91 Å². The van der Waals surface area contributed by atoms with Gasteiger partial charge in [0.2, 0.25) is 10.1 Å². The molecule has 0 aliphatic rings. The molecule has 0 aliphatic carbocycles. The monoisotopic (exact) mass is 266 g/mol. The lowest BCUT2D eigenvalue weighted by Gasteiger charge is -1.98. The van der Waals surface area contributed by atoms with Gasteiger partial charge in [0, 0.05) is 19.8 Å². The van der Waals surface area contributed by atoms with Gasteiger partial charge in [-0.15, -0.1) is 10.2 Å². The Morgan fingerprint density at radius 3 is 3.00 bits per heavy atom. The molecular formula is C10H14N6OS. The standard InChI is InChI=1S/C10H14N6OS/c1-3-11-10-14-13-9(18-10)8(17)12-6-7-4-5-16(2)15-7/h4-5H,3,6H2,1-2H3,(H,11,14)(H,12,17). The third-order valence-corrected chi connectivity index (χ3v) is 3.03. The summed E-state index contributed by atoms with van der Waals surface area (Å²) in [5.41, 5.74) is 0.808. The summed E-state index contributed by atoms with van der Waals surface area (Å²) < 4.78 is 1.69. The second kappa shape index (κ2) is 5.58. The smallest absolute Gasteiger partial charge is 0.282 e. The Hall–Kier alpha value is -1.96. The summed E-state index contributed by atoms with van der Waals surface area (Å²) in [6.45, 7) is 3.10. The maximum atomic E-state index is 11.8. The fourth-order valence-electron chi connectivity index (χ4n) is 1.34. The summed E-state index contributed by atoms with van der Waals surface area (Å²) in [7, 11) is 1.83. The Bertz CT molecular complexity index is 534. The normalized spacial score (nSPS) is 10.3. The van der Waals surface area contributed by atoms with E-state index >= 15 is 0 Å². The van der Waals surface area contributed by atoms with Crippen molar-refractivity contribution >= 4 is 22.4 Å². The minimum atomic E-state index is -0.234. The predicted octanol–water partition coefficient (Wildman–Crippen LogP) is 0.633. The second-order valence-corrected chi connectivity index (χ2v) is 4.58. The Labute approximate surface area is 108 Å². The van der Waals surface area contributed by atoms with Crippen LogP contribution >= 0.6 is 11.3 Å². The van der Waals surface area contributed by atoms with Gasteiger partial charge >= 0.3 is 0 Å². The van der Waals surface area contributed by atoms with Crippen molar-refractivity contribution in [2.75, 3.05) is 11.9 Å². The fraction of sp³-hybridized carbons (Fsp3) is 0.400. The number of aryl methyl sites for hydroxylation is 1. The van der Waals surface area contributed by atoms with E-state index in [1.165, 1.54) is 11.3 Å². The first-order chi connectivity index (χ1) is 8.69. The summed E-state index contributed by atoms with van der Waals surface area (Å²) in [5, 5.41) is 18.6. The van der Waals surface area contributed by atoms with Crippen LogP contribution in [0.3, 0.4) is 0 Å². The molecule has 0 atom stereocenters. The number of nitrogens with one attached hydrogen (secondary N) is 2. The Kier molecular flexibility index (Phi) is 3.88. The van der Waals surface area contributed by atoms with Crippen molar-refractivity contribution in [3.05, 3.63) is 23.0 Å². The minimum absolute atomic E-state index is 0.234. The first-order valence-electron chi connectivity index (χ1n) is 5.53. The number of carbonyl (C=O) groups is 1. The van der Waals surface area contributed by atoms with E-state index in [2.05, 4.69) is 25.9 Å². The first kappa shape index (κ1) is 12.5. The molecule has 0 spiro atoms. The highest BCUT2D eigenvalue weighted by molar-refractivity contribution is 7.17. The zero-order chi connectivity index (χ0) is 13.0. The van der Waals surface area contributed by atoms with Crippen LogP contribution in [0.1, 0.15) is 22.4 Å². The molecule has 18 heavy (non-hydrogen) atoms. The molecule has 0 saturated heterocycles. The van der Waals surface area contributed by atoms with E-state index in [9.17, 15) is 4.79 Å². The topological polar surface area (TPSA) is 84.7 Å². The molecule has 2 aromatic rings. The molecule has 2 aromatic heterocycles. The summed E-state index contributed by atoms with van der Waals surface area (Å²) in [5.74, 6) is -0.234. The minimum Gasteiger partial charge on any atom is -0.360 e. The van der Waals surface area contributed by atoms with Crippen molar-refractivity contribution < 1.29 is 4.79 Å². The zero-order valence-corrected chi connectivity index (χ0v) is 11.0. The molecule has 8 heteroatoms. The highest BCUT2D eigenvalue weighted by Gasteiger charge is 2.12. The van der Waals surface area contributed by atoms with Gasteiger partial charge in [0.1, 0.15) is 0 Å². The van der Waals surface area contributed by atoms with Crippen LogP contribution in [0.5, 0.6) is 0 Å². The van der Waals surface area contributed by atoms with E-state index in [4.69, 9.17) is 0 Å². The molecule has 0 aliphatic heterocycles. The van der Waals surface area contributed by atoms with Crippen molar-refractivity contribution in [2.24, 2.45) is 7.05 Å². The van der Waals surface area contributed by atoms with E-state index in [0.29, 0.717) is 16.7 Å². The largest absolute Gasteiger partial charge is 0.360 e. The average molecular weight is 266 g/mol. The van der Waals surface area contributed by atoms with E-state index in [1.54, 1.807) is 4.68 Å².